The van der Waals surface area contributed by atoms with E-state index in [1.54, 1.807) is 13.8 Å². The summed E-state index contributed by atoms with van der Waals surface area (Å²) in [7, 11) is 0. The molecule has 274 valence electrons. The third kappa shape index (κ3) is 11.2. The number of nitrogens with one attached hydrogen (secondary N) is 3. The quantitative estimate of drug-likeness (QED) is 0.116. The van der Waals surface area contributed by atoms with Crippen LogP contribution in [-0.4, -0.2) is 83.1 Å². The van der Waals surface area contributed by atoms with Crippen LogP contribution in [0, 0.1) is 5.92 Å². The van der Waals surface area contributed by atoms with Crippen molar-refractivity contribution >= 4 is 17.9 Å². The Labute approximate surface area is 306 Å². The number of aliphatic hydroxyl groups excluding tert-OH is 2. The Morgan fingerprint density at radius 2 is 1.37 bits per heavy atom. The Morgan fingerprint density at radius 3 is 2.00 bits per heavy atom. The van der Waals surface area contributed by atoms with E-state index in [9.17, 15) is 24.6 Å². The minimum absolute atomic E-state index is 0.106. The zero-order valence-electron chi connectivity index (χ0n) is 29.9. The van der Waals surface area contributed by atoms with Crippen molar-refractivity contribution in [3.05, 3.63) is 132 Å². The topological polar surface area (TPSA) is 140 Å². The number of aliphatic hydroxyl groups is 2. The van der Waals surface area contributed by atoms with Gasteiger partial charge < -0.3 is 30.9 Å². The van der Waals surface area contributed by atoms with Gasteiger partial charge in [-0.15, -0.1) is 0 Å². The van der Waals surface area contributed by atoms with Crippen LogP contribution in [0.3, 0.4) is 0 Å². The van der Waals surface area contributed by atoms with Crippen LogP contribution in [-0.2, 0) is 33.7 Å². The van der Waals surface area contributed by atoms with Crippen LogP contribution in [0.2, 0.25) is 0 Å². The fourth-order valence-electron chi connectivity index (χ4n) is 6.44. The second-order valence-corrected chi connectivity index (χ2v) is 13.8. The summed E-state index contributed by atoms with van der Waals surface area (Å²) in [6.45, 7) is 5.97. The molecule has 0 aromatic heterocycles. The molecule has 0 aliphatic carbocycles. The number of benzene rings is 4. The average molecular weight is 707 g/mol. The van der Waals surface area contributed by atoms with E-state index in [4.69, 9.17) is 4.74 Å². The zero-order valence-corrected chi connectivity index (χ0v) is 29.9. The van der Waals surface area contributed by atoms with E-state index >= 15 is 0 Å². The van der Waals surface area contributed by atoms with E-state index in [2.05, 4.69) is 33.0 Å². The molecule has 0 spiro atoms. The van der Waals surface area contributed by atoms with Crippen LogP contribution in [0.25, 0.3) is 11.1 Å². The number of likely N-dealkylation sites (tertiary alicyclic amines) is 1. The first-order chi connectivity index (χ1) is 25.2. The molecule has 1 saturated heterocycles. The van der Waals surface area contributed by atoms with Crippen molar-refractivity contribution in [2.45, 2.75) is 70.1 Å². The van der Waals surface area contributed by atoms with Crippen molar-refractivity contribution in [2.24, 2.45) is 5.92 Å². The fraction of sp³-hybridized carbons (Fsp3) is 0.357. The molecule has 1 heterocycles. The molecule has 0 bridgehead atoms. The fourth-order valence-corrected chi connectivity index (χ4v) is 6.44. The number of carbonyl (C=O) groups excluding carboxylic acids is 3. The highest BCUT2D eigenvalue weighted by atomic mass is 16.6. The molecule has 0 saturated carbocycles. The molecule has 5 rings (SSSR count). The van der Waals surface area contributed by atoms with E-state index in [1.165, 1.54) is 5.56 Å². The molecule has 10 nitrogen and oxygen atoms in total. The Morgan fingerprint density at radius 1 is 0.769 bits per heavy atom. The summed E-state index contributed by atoms with van der Waals surface area (Å²) in [5, 5.41) is 31.0. The maximum Gasteiger partial charge on any atom is 0.407 e. The summed E-state index contributed by atoms with van der Waals surface area (Å²) in [5.41, 5.74) is 5.03. The lowest BCUT2D eigenvalue weighted by Gasteiger charge is -2.30. The summed E-state index contributed by atoms with van der Waals surface area (Å²) < 4.78 is 5.57. The predicted molar refractivity (Wildman–Crippen MR) is 201 cm³/mol. The molecule has 10 heteroatoms. The van der Waals surface area contributed by atoms with Gasteiger partial charge in [-0.25, -0.2) is 4.79 Å². The molecule has 5 atom stereocenters. The monoisotopic (exact) mass is 706 g/mol. The summed E-state index contributed by atoms with van der Waals surface area (Å²) >= 11 is 0. The van der Waals surface area contributed by atoms with Gasteiger partial charge in [0.25, 0.3) is 11.8 Å². The molecule has 3 amide bonds. The minimum atomic E-state index is -1.82. The second kappa shape index (κ2) is 19.0. The molecule has 5 N–H and O–H groups in total. The summed E-state index contributed by atoms with van der Waals surface area (Å²) in [4.78, 5) is 42.0. The van der Waals surface area contributed by atoms with Crippen molar-refractivity contribution in [1.82, 2.24) is 20.9 Å². The lowest BCUT2D eigenvalue weighted by Crippen LogP contribution is -2.57. The third-order valence-corrected chi connectivity index (χ3v) is 9.34. The molecule has 1 aliphatic rings. The number of carbonyl (C=O) groups is 3. The first-order valence-electron chi connectivity index (χ1n) is 18.0. The van der Waals surface area contributed by atoms with Crippen LogP contribution in [0.5, 0.6) is 0 Å². The maximum absolute atomic E-state index is 13.7. The highest BCUT2D eigenvalue weighted by Crippen LogP contribution is 2.21. The summed E-state index contributed by atoms with van der Waals surface area (Å²) in [6.07, 6.45) is -4.01. The predicted octanol–water partition coefficient (Wildman–Crippen LogP) is 4.49. The van der Waals surface area contributed by atoms with Crippen LogP contribution < -0.4 is 16.0 Å². The number of hydrogen-bond acceptors (Lipinski definition) is 7. The standard InChI is InChI=1S/C42H50N4O6/c1-29(2)39(52-42(51)43-24-22-30-12-6-3-7-13-30)41(50)45-36(26-31-18-20-34(21-19-31)33-16-10-5-11-17-33)37(47)38(48)40(49)44-35-23-25-46(28-35)27-32-14-8-4-9-15-32/h3-21,29,35-39,47-48H,22-28H2,1-2H3,(H,43,51)(H,44,49)(H,45,50). The van der Waals surface area contributed by atoms with Crippen molar-refractivity contribution in [2.75, 3.05) is 19.6 Å². The van der Waals surface area contributed by atoms with Crippen molar-refractivity contribution in [3.8, 4) is 11.1 Å². The molecule has 4 aromatic rings. The van der Waals surface area contributed by atoms with Gasteiger partial charge in [-0.1, -0.05) is 129 Å². The number of amides is 3. The highest BCUT2D eigenvalue weighted by molar-refractivity contribution is 5.85. The van der Waals surface area contributed by atoms with Gasteiger partial charge in [-0.3, -0.25) is 14.5 Å². The van der Waals surface area contributed by atoms with Gasteiger partial charge in [0.05, 0.1) is 6.04 Å². The van der Waals surface area contributed by atoms with E-state index in [1.807, 2.05) is 103 Å². The number of ether oxygens (including phenoxy) is 1. The van der Waals surface area contributed by atoms with Crippen LogP contribution in [0.4, 0.5) is 4.79 Å². The number of alkyl carbamates (subject to hydrolysis) is 1. The molecule has 4 aromatic carbocycles. The number of hydrogen-bond donors (Lipinski definition) is 5. The van der Waals surface area contributed by atoms with Crippen molar-refractivity contribution in [1.29, 1.82) is 0 Å². The first kappa shape index (κ1) is 38.2. The first-order valence-corrected chi connectivity index (χ1v) is 18.0. The number of rotatable bonds is 16. The van der Waals surface area contributed by atoms with Gasteiger partial charge >= 0.3 is 6.09 Å². The van der Waals surface area contributed by atoms with Gasteiger partial charge in [0.1, 0.15) is 6.10 Å². The second-order valence-electron chi connectivity index (χ2n) is 13.8. The molecule has 1 aliphatic heterocycles. The zero-order chi connectivity index (χ0) is 36.9. The minimum Gasteiger partial charge on any atom is -0.436 e. The molecular weight excluding hydrogens is 656 g/mol. The summed E-state index contributed by atoms with van der Waals surface area (Å²) in [6, 6.07) is 36.0. The van der Waals surface area contributed by atoms with Crippen molar-refractivity contribution in [3.63, 3.8) is 0 Å². The molecule has 0 radical (unpaired) electrons. The Kier molecular flexibility index (Phi) is 14.0. The average Bonchev–Trinajstić information content (AvgIpc) is 3.60. The maximum atomic E-state index is 13.7. The largest absolute Gasteiger partial charge is 0.436 e. The third-order valence-electron chi connectivity index (χ3n) is 9.34. The van der Waals surface area contributed by atoms with Gasteiger partial charge in [-0.2, -0.15) is 0 Å². The highest BCUT2D eigenvalue weighted by Gasteiger charge is 2.37. The van der Waals surface area contributed by atoms with E-state index < -0.39 is 48.2 Å². The van der Waals surface area contributed by atoms with Gasteiger partial charge in [0, 0.05) is 32.2 Å². The van der Waals surface area contributed by atoms with Crippen LogP contribution in [0.15, 0.2) is 115 Å². The molecule has 1 fully saturated rings. The van der Waals surface area contributed by atoms with Crippen LogP contribution in [0.1, 0.15) is 37.0 Å². The molecular formula is C42H50N4O6. The molecule has 52 heavy (non-hydrogen) atoms. The van der Waals surface area contributed by atoms with Crippen molar-refractivity contribution < 1.29 is 29.3 Å². The van der Waals surface area contributed by atoms with E-state index in [-0.39, 0.29) is 12.5 Å². The smallest absolute Gasteiger partial charge is 0.407 e. The Bertz CT molecular complexity index is 1710. The lowest BCUT2D eigenvalue weighted by molar-refractivity contribution is -0.140. The lowest BCUT2D eigenvalue weighted by atomic mass is 9.94. The Balaban J connectivity index is 1.24. The van der Waals surface area contributed by atoms with Gasteiger partial charge in [-0.05, 0) is 53.0 Å². The Hall–Kier alpha value is -5.03. The normalized spacial score (nSPS) is 16.8. The van der Waals surface area contributed by atoms with Gasteiger partial charge in [0.2, 0.25) is 0 Å². The van der Waals surface area contributed by atoms with Gasteiger partial charge in [0.15, 0.2) is 12.2 Å². The van der Waals surface area contributed by atoms with E-state index in [0.29, 0.717) is 25.9 Å². The SMILES string of the molecule is CC(C)C(OC(=O)NCCc1ccccc1)C(=O)NC(Cc1ccc(-c2ccccc2)cc1)C(O)C(O)C(=O)NC1CCN(Cc2ccccc2)C1. The van der Waals surface area contributed by atoms with Crippen LogP contribution >= 0.6 is 0 Å². The summed E-state index contributed by atoms with van der Waals surface area (Å²) in [5.74, 6) is -1.76. The van der Waals surface area contributed by atoms with E-state index in [0.717, 1.165) is 35.3 Å². The number of nitrogens with zero attached hydrogens (tertiary/aromatic N) is 1. The molecule has 5 unspecified atom stereocenters.